The van der Waals surface area contributed by atoms with Gasteiger partial charge in [-0.2, -0.15) is 0 Å². The zero-order valence-electron chi connectivity index (χ0n) is 18.2. The van der Waals surface area contributed by atoms with Crippen molar-refractivity contribution in [1.82, 2.24) is 19.8 Å². The summed E-state index contributed by atoms with van der Waals surface area (Å²) in [5.74, 6) is -0.203. The second kappa shape index (κ2) is 8.37. The first-order valence-electron chi connectivity index (χ1n) is 10.8. The van der Waals surface area contributed by atoms with Crippen LogP contribution in [0.4, 0.5) is 0 Å². The average Bonchev–Trinajstić information content (AvgIpc) is 3.05. The molecule has 166 valence electrons. The van der Waals surface area contributed by atoms with Gasteiger partial charge in [0.1, 0.15) is 6.54 Å². The smallest absolute Gasteiger partial charge is 0.246 e. The molecule has 0 atom stereocenters. The second-order valence-corrected chi connectivity index (χ2v) is 8.73. The van der Waals surface area contributed by atoms with Gasteiger partial charge < -0.3 is 14.8 Å². The third kappa shape index (κ3) is 3.76. The van der Waals surface area contributed by atoms with Crippen LogP contribution >= 0.6 is 11.6 Å². The molecule has 0 radical (unpaired) electrons. The molecule has 2 aromatic carbocycles. The molecule has 2 aromatic heterocycles. The van der Waals surface area contributed by atoms with Crippen molar-refractivity contribution in [3.8, 4) is 11.1 Å². The fourth-order valence-corrected chi connectivity index (χ4v) is 4.79. The molecule has 0 bridgehead atoms. The van der Waals surface area contributed by atoms with Crippen molar-refractivity contribution in [2.75, 3.05) is 13.1 Å². The van der Waals surface area contributed by atoms with Crippen molar-refractivity contribution in [3.63, 3.8) is 0 Å². The van der Waals surface area contributed by atoms with Gasteiger partial charge in [0.25, 0.3) is 0 Å². The van der Waals surface area contributed by atoms with E-state index < -0.39 is 0 Å². The summed E-state index contributed by atoms with van der Waals surface area (Å²) in [5.41, 5.74) is 4.95. The van der Waals surface area contributed by atoms with E-state index >= 15 is 0 Å². The summed E-state index contributed by atoms with van der Waals surface area (Å²) in [6.07, 6.45) is 3.08. The number of nitrogens with zero attached hydrogens (tertiary/aromatic N) is 3. The Balaban J connectivity index is 1.51. The number of hydrogen-bond donors (Lipinski definition) is 1. The second-order valence-electron chi connectivity index (χ2n) is 8.30. The first-order chi connectivity index (χ1) is 16.0. The molecule has 1 N–H and O–H groups in total. The molecule has 4 aromatic rings. The summed E-state index contributed by atoms with van der Waals surface area (Å²) in [6.45, 7) is 6.72. The van der Waals surface area contributed by atoms with Gasteiger partial charge in [-0.25, -0.2) is 0 Å². The Hall–Kier alpha value is -3.64. The number of nitrogens with one attached hydrogen (secondary N) is 1. The summed E-state index contributed by atoms with van der Waals surface area (Å²) < 4.78 is 2.02. The van der Waals surface area contributed by atoms with E-state index in [0.717, 1.165) is 38.6 Å². The van der Waals surface area contributed by atoms with Gasteiger partial charge in [-0.05, 0) is 48.9 Å². The quantitative estimate of drug-likeness (QED) is 0.452. The van der Waals surface area contributed by atoms with Crippen LogP contribution in [0.1, 0.15) is 5.69 Å². The van der Waals surface area contributed by atoms with Crippen LogP contribution in [0.5, 0.6) is 0 Å². The van der Waals surface area contributed by atoms with E-state index in [4.69, 9.17) is 11.6 Å². The molecule has 1 aliphatic heterocycles. The predicted molar refractivity (Wildman–Crippen MR) is 131 cm³/mol. The lowest BCUT2D eigenvalue weighted by atomic mass is 9.98. The highest BCUT2D eigenvalue weighted by Gasteiger charge is 2.30. The number of hydrogen-bond acceptors (Lipinski definition) is 3. The number of benzene rings is 2. The molecule has 33 heavy (non-hydrogen) atoms. The summed E-state index contributed by atoms with van der Waals surface area (Å²) >= 11 is 6.37. The molecule has 0 unspecified atom stereocenters. The molecule has 0 spiro atoms. The number of rotatable bonds is 5. The largest absolute Gasteiger partial charge is 0.348 e. The van der Waals surface area contributed by atoms with Crippen molar-refractivity contribution < 1.29 is 9.59 Å². The van der Waals surface area contributed by atoms with Gasteiger partial charge in [-0.3, -0.25) is 14.6 Å². The molecule has 5 rings (SSSR count). The Labute approximate surface area is 196 Å². The number of likely N-dealkylation sites (tertiary alicyclic amines) is 1. The zero-order valence-corrected chi connectivity index (χ0v) is 19.0. The molecular formula is C26H23ClN4O2. The van der Waals surface area contributed by atoms with Crippen LogP contribution in [0.3, 0.4) is 0 Å². The van der Waals surface area contributed by atoms with Crippen LogP contribution in [0.2, 0.25) is 5.02 Å². The lowest BCUT2D eigenvalue weighted by Gasteiger charge is -2.38. The molecule has 0 aliphatic carbocycles. The average molecular weight is 459 g/mol. The SMILES string of the molecule is C=CC(=O)N1CC(NC(=O)Cn2c(C)c(-c3cccc4ncccc34)c3cc(Cl)ccc32)C1. The van der Waals surface area contributed by atoms with Crippen LogP contribution in [-0.2, 0) is 16.1 Å². The van der Waals surface area contributed by atoms with Crippen molar-refractivity contribution in [2.24, 2.45) is 0 Å². The van der Waals surface area contributed by atoms with E-state index in [1.54, 1.807) is 11.1 Å². The van der Waals surface area contributed by atoms with Crippen molar-refractivity contribution >= 4 is 45.2 Å². The van der Waals surface area contributed by atoms with E-state index in [1.165, 1.54) is 6.08 Å². The first kappa shape index (κ1) is 21.2. The minimum atomic E-state index is -0.112. The summed E-state index contributed by atoms with van der Waals surface area (Å²) in [5, 5.41) is 5.72. The Morgan fingerprint density at radius 3 is 2.79 bits per heavy atom. The third-order valence-electron chi connectivity index (χ3n) is 6.24. The lowest BCUT2D eigenvalue weighted by Crippen LogP contribution is -2.61. The van der Waals surface area contributed by atoms with E-state index in [0.29, 0.717) is 18.1 Å². The topological polar surface area (TPSA) is 67.2 Å². The maximum atomic E-state index is 12.9. The standard InChI is InChI=1S/C26H23ClN4O2/c1-3-25(33)30-13-18(14-30)29-24(32)15-31-16(2)26(21-12-17(27)9-10-23(21)31)20-6-4-8-22-19(20)7-5-11-28-22/h3-12,18H,1,13-15H2,2H3,(H,29,32). The van der Waals surface area contributed by atoms with Gasteiger partial charge in [0.05, 0.1) is 11.6 Å². The highest BCUT2D eigenvalue weighted by Crippen LogP contribution is 2.39. The fraction of sp³-hybridized carbons (Fsp3) is 0.192. The van der Waals surface area contributed by atoms with Crippen molar-refractivity contribution in [3.05, 3.63) is 78.1 Å². The van der Waals surface area contributed by atoms with Crippen LogP contribution in [0, 0.1) is 6.92 Å². The van der Waals surface area contributed by atoms with Crippen molar-refractivity contribution in [1.29, 1.82) is 0 Å². The number of fused-ring (bicyclic) bond motifs is 2. The van der Waals surface area contributed by atoms with E-state index in [2.05, 4.69) is 29.0 Å². The Bertz CT molecular complexity index is 1410. The monoisotopic (exact) mass is 458 g/mol. The fourth-order valence-electron chi connectivity index (χ4n) is 4.62. The molecule has 6 nitrogen and oxygen atoms in total. The summed E-state index contributed by atoms with van der Waals surface area (Å²) in [4.78, 5) is 30.7. The Morgan fingerprint density at radius 1 is 1.18 bits per heavy atom. The molecule has 3 heterocycles. The minimum Gasteiger partial charge on any atom is -0.348 e. The number of carbonyl (C=O) groups is 2. The Morgan fingerprint density at radius 2 is 2.00 bits per heavy atom. The van der Waals surface area contributed by atoms with Crippen LogP contribution in [0.15, 0.2) is 67.4 Å². The van der Waals surface area contributed by atoms with Crippen LogP contribution < -0.4 is 5.32 Å². The van der Waals surface area contributed by atoms with Crippen molar-refractivity contribution in [2.45, 2.75) is 19.5 Å². The maximum absolute atomic E-state index is 12.9. The number of aromatic nitrogens is 2. The van der Waals surface area contributed by atoms with Gasteiger partial charge >= 0.3 is 0 Å². The van der Waals surface area contributed by atoms with E-state index in [1.807, 2.05) is 47.9 Å². The molecule has 1 aliphatic rings. The summed E-state index contributed by atoms with van der Waals surface area (Å²) in [6, 6.07) is 15.8. The number of carbonyl (C=O) groups excluding carboxylic acids is 2. The zero-order chi connectivity index (χ0) is 23.1. The van der Waals surface area contributed by atoms with Gasteiger partial charge in [-0.15, -0.1) is 0 Å². The van der Waals surface area contributed by atoms with Gasteiger partial charge in [0.2, 0.25) is 11.8 Å². The molecular weight excluding hydrogens is 436 g/mol. The van der Waals surface area contributed by atoms with Crippen LogP contribution in [-0.4, -0.2) is 45.4 Å². The molecule has 1 fully saturated rings. The number of pyridine rings is 1. The Kier molecular flexibility index (Phi) is 5.38. The predicted octanol–water partition coefficient (Wildman–Crippen LogP) is 4.33. The highest BCUT2D eigenvalue weighted by atomic mass is 35.5. The maximum Gasteiger partial charge on any atom is 0.246 e. The third-order valence-corrected chi connectivity index (χ3v) is 6.47. The normalized spacial score (nSPS) is 13.8. The van der Waals surface area contributed by atoms with Gasteiger partial charge in [-0.1, -0.05) is 36.4 Å². The first-order valence-corrected chi connectivity index (χ1v) is 11.2. The van der Waals surface area contributed by atoms with Gasteiger partial charge in [0, 0.05) is 51.9 Å². The highest BCUT2D eigenvalue weighted by molar-refractivity contribution is 6.31. The minimum absolute atomic E-state index is 0.0402. The van der Waals surface area contributed by atoms with Gasteiger partial charge in [0.15, 0.2) is 0 Å². The van der Waals surface area contributed by atoms with E-state index in [9.17, 15) is 9.59 Å². The lowest BCUT2D eigenvalue weighted by molar-refractivity contribution is -0.133. The molecule has 7 heteroatoms. The molecule has 0 saturated carbocycles. The van der Waals surface area contributed by atoms with E-state index in [-0.39, 0.29) is 24.4 Å². The summed E-state index contributed by atoms with van der Waals surface area (Å²) in [7, 11) is 0. The van der Waals surface area contributed by atoms with Crippen LogP contribution in [0.25, 0.3) is 32.9 Å². The molecule has 2 amide bonds. The number of amides is 2. The molecule has 1 saturated heterocycles. The number of halogens is 1.